The second kappa shape index (κ2) is 8.47. The molecular weight excluding hydrogens is 407 g/mol. The van der Waals surface area contributed by atoms with Crippen LogP contribution in [0.4, 0.5) is 15.9 Å². The normalized spacial score (nSPS) is 15.2. The molecule has 4 heterocycles. The summed E-state index contributed by atoms with van der Waals surface area (Å²) in [7, 11) is 2.07. The van der Waals surface area contributed by atoms with Crippen LogP contribution in [-0.2, 0) is 0 Å². The Morgan fingerprint density at radius 2 is 2.00 bits per heavy atom. The summed E-state index contributed by atoms with van der Waals surface area (Å²) in [5.74, 6) is 0.142. The highest BCUT2D eigenvalue weighted by Crippen LogP contribution is 2.25. The van der Waals surface area contributed by atoms with Crippen molar-refractivity contribution >= 4 is 28.2 Å². The first-order valence-corrected chi connectivity index (χ1v) is 10.6. The Hall–Kier alpha value is -3.65. The summed E-state index contributed by atoms with van der Waals surface area (Å²) in [6, 6.07) is 12.0. The zero-order chi connectivity index (χ0) is 22.1. The van der Waals surface area contributed by atoms with Gasteiger partial charge in [-0.15, -0.1) is 0 Å². The first-order chi connectivity index (χ1) is 15.6. The molecule has 1 fully saturated rings. The maximum absolute atomic E-state index is 14.6. The summed E-state index contributed by atoms with van der Waals surface area (Å²) in [5, 5.41) is 7.95. The maximum atomic E-state index is 14.6. The number of nitrogens with one attached hydrogen (secondary N) is 1. The van der Waals surface area contributed by atoms with Crippen molar-refractivity contribution in [2.45, 2.75) is 12.8 Å². The van der Waals surface area contributed by atoms with E-state index in [1.54, 1.807) is 53.6 Å². The van der Waals surface area contributed by atoms with Gasteiger partial charge in [0.15, 0.2) is 5.78 Å². The summed E-state index contributed by atoms with van der Waals surface area (Å²) >= 11 is 0. The minimum Gasteiger partial charge on any atom is -0.338 e. The molecule has 1 N–H and O–H groups in total. The van der Waals surface area contributed by atoms with Gasteiger partial charge in [-0.2, -0.15) is 5.10 Å². The molecule has 8 heteroatoms. The Labute approximate surface area is 184 Å². The lowest BCUT2D eigenvalue weighted by Gasteiger charge is -2.27. The summed E-state index contributed by atoms with van der Waals surface area (Å²) in [4.78, 5) is 24.1. The van der Waals surface area contributed by atoms with E-state index in [1.165, 1.54) is 6.07 Å². The molecule has 7 nitrogen and oxygen atoms in total. The second-order valence-electron chi connectivity index (χ2n) is 8.14. The standard InChI is InChI=1S/C24H23FN6O/c1-30-11-7-16(8-12-30)24(32)21-5-3-17-15-26-23(14-22(17)28-21)29-20-6-4-18(13-19(20)25)31-10-2-9-27-31/h2-6,9-10,13-16H,7-8,11-12H2,1H3,(H,26,29). The Bertz CT molecular complexity index is 1260. The third-order valence-corrected chi connectivity index (χ3v) is 5.90. The fourth-order valence-electron chi connectivity index (χ4n) is 4.01. The van der Waals surface area contributed by atoms with Crippen molar-refractivity contribution in [3.63, 3.8) is 0 Å². The van der Waals surface area contributed by atoms with Crippen molar-refractivity contribution < 1.29 is 9.18 Å². The second-order valence-corrected chi connectivity index (χ2v) is 8.14. The number of hydrogen-bond donors (Lipinski definition) is 1. The largest absolute Gasteiger partial charge is 0.338 e. The van der Waals surface area contributed by atoms with Gasteiger partial charge in [0.2, 0.25) is 0 Å². The molecule has 0 aliphatic carbocycles. The zero-order valence-corrected chi connectivity index (χ0v) is 17.7. The predicted octanol–water partition coefficient (Wildman–Crippen LogP) is 4.22. The molecule has 1 aliphatic rings. The van der Waals surface area contributed by atoms with Gasteiger partial charge in [0, 0.05) is 42.0 Å². The number of benzene rings is 1. The van der Waals surface area contributed by atoms with Crippen LogP contribution in [-0.4, -0.2) is 50.6 Å². The lowest BCUT2D eigenvalue weighted by Crippen LogP contribution is -2.33. The van der Waals surface area contributed by atoms with Crippen LogP contribution in [0.15, 0.2) is 61.1 Å². The van der Waals surface area contributed by atoms with Gasteiger partial charge in [-0.1, -0.05) is 0 Å². The molecule has 5 rings (SSSR count). The Morgan fingerprint density at radius 1 is 1.16 bits per heavy atom. The SMILES string of the molecule is CN1CCC(C(=O)c2ccc3cnc(Nc4ccc(-n5cccn5)cc4F)cc3n2)CC1. The van der Waals surface area contributed by atoms with Crippen LogP contribution in [0.1, 0.15) is 23.3 Å². The van der Waals surface area contributed by atoms with Crippen molar-refractivity contribution in [3.8, 4) is 5.69 Å². The summed E-state index contributed by atoms with van der Waals surface area (Å²) in [5.41, 5.74) is 2.04. The molecule has 1 aliphatic heterocycles. The van der Waals surface area contributed by atoms with Crippen molar-refractivity contribution in [1.82, 2.24) is 24.6 Å². The Balaban J connectivity index is 1.38. The van der Waals surface area contributed by atoms with Gasteiger partial charge in [-0.3, -0.25) is 4.79 Å². The number of likely N-dealkylation sites (tertiary alicyclic amines) is 1. The van der Waals surface area contributed by atoms with E-state index < -0.39 is 5.82 Å². The number of rotatable bonds is 5. The molecular formula is C24H23FN6O. The molecule has 162 valence electrons. The Kier molecular flexibility index (Phi) is 5.36. The minimum absolute atomic E-state index is 0.0120. The molecule has 4 aromatic rings. The number of carbonyl (C=O) groups is 1. The van der Waals surface area contributed by atoms with E-state index in [1.807, 2.05) is 6.07 Å². The van der Waals surface area contributed by atoms with Gasteiger partial charge in [0.25, 0.3) is 0 Å². The van der Waals surface area contributed by atoms with Crippen molar-refractivity contribution in [1.29, 1.82) is 0 Å². The van der Waals surface area contributed by atoms with Crippen LogP contribution >= 0.6 is 0 Å². The number of ketones is 1. The van der Waals surface area contributed by atoms with Crippen LogP contribution in [0, 0.1) is 11.7 Å². The quantitative estimate of drug-likeness (QED) is 0.478. The number of aromatic nitrogens is 4. The number of pyridine rings is 2. The smallest absolute Gasteiger partial charge is 0.184 e. The van der Waals surface area contributed by atoms with Gasteiger partial charge in [-0.05, 0) is 63.3 Å². The Morgan fingerprint density at radius 3 is 2.75 bits per heavy atom. The van der Waals surface area contributed by atoms with Gasteiger partial charge in [-0.25, -0.2) is 19.0 Å². The van der Waals surface area contributed by atoms with E-state index in [-0.39, 0.29) is 11.7 Å². The van der Waals surface area contributed by atoms with E-state index in [9.17, 15) is 9.18 Å². The number of carbonyl (C=O) groups excluding carboxylic acids is 1. The van der Waals surface area contributed by atoms with Gasteiger partial charge >= 0.3 is 0 Å². The maximum Gasteiger partial charge on any atom is 0.184 e. The molecule has 32 heavy (non-hydrogen) atoms. The third-order valence-electron chi connectivity index (χ3n) is 5.90. The average Bonchev–Trinajstić information content (AvgIpc) is 3.35. The van der Waals surface area contributed by atoms with E-state index in [0.29, 0.717) is 28.4 Å². The first-order valence-electron chi connectivity index (χ1n) is 10.6. The van der Waals surface area contributed by atoms with Crippen LogP contribution in [0.5, 0.6) is 0 Å². The van der Waals surface area contributed by atoms with Crippen LogP contribution in [0.2, 0.25) is 0 Å². The number of hydrogen-bond acceptors (Lipinski definition) is 6. The summed E-state index contributed by atoms with van der Waals surface area (Å²) in [6.07, 6.45) is 6.77. The molecule has 0 saturated carbocycles. The monoisotopic (exact) mass is 430 g/mol. The lowest BCUT2D eigenvalue weighted by atomic mass is 9.91. The topological polar surface area (TPSA) is 75.9 Å². The van der Waals surface area contributed by atoms with Crippen molar-refractivity contribution in [2.24, 2.45) is 5.92 Å². The minimum atomic E-state index is -0.418. The predicted molar refractivity (Wildman–Crippen MR) is 121 cm³/mol. The fourth-order valence-corrected chi connectivity index (χ4v) is 4.01. The van der Waals surface area contributed by atoms with Crippen molar-refractivity contribution in [2.75, 3.05) is 25.5 Å². The van der Waals surface area contributed by atoms with E-state index in [0.717, 1.165) is 31.3 Å². The number of nitrogens with zero attached hydrogens (tertiary/aromatic N) is 5. The molecule has 0 unspecified atom stereocenters. The van der Waals surface area contributed by atoms with E-state index in [2.05, 4.69) is 32.3 Å². The molecule has 0 radical (unpaired) electrons. The highest BCUT2D eigenvalue weighted by molar-refractivity contribution is 5.98. The van der Waals surface area contributed by atoms with Crippen LogP contribution < -0.4 is 5.32 Å². The number of Topliss-reactive ketones (excluding diaryl/α,β-unsaturated/α-hetero) is 1. The fraction of sp³-hybridized carbons (Fsp3) is 0.250. The molecule has 1 aromatic carbocycles. The van der Waals surface area contributed by atoms with E-state index >= 15 is 0 Å². The first kappa shape index (κ1) is 20.3. The number of halogens is 1. The summed E-state index contributed by atoms with van der Waals surface area (Å²) < 4.78 is 16.2. The number of anilines is 2. The average molecular weight is 430 g/mol. The molecule has 1 saturated heterocycles. The molecule has 0 spiro atoms. The highest BCUT2D eigenvalue weighted by Gasteiger charge is 2.25. The van der Waals surface area contributed by atoms with Crippen molar-refractivity contribution in [3.05, 3.63) is 72.6 Å². The molecule has 0 atom stereocenters. The summed E-state index contributed by atoms with van der Waals surface area (Å²) in [6.45, 7) is 1.85. The van der Waals surface area contributed by atoms with Gasteiger partial charge in [0.1, 0.15) is 17.3 Å². The van der Waals surface area contributed by atoms with Gasteiger partial charge < -0.3 is 10.2 Å². The number of fused-ring (bicyclic) bond motifs is 1. The zero-order valence-electron chi connectivity index (χ0n) is 17.7. The number of piperidine rings is 1. The lowest BCUT2D eigenvalue weighted by molar-refractivity contribution is 0.0852. The van der Waals surface area contributed by atoms with Crippen LogP contribution in [0.25, 0.3) is 16.6 Å². The highest BCUT2D eigenvalue weighted by atomic mass is 19.1. The van der Waals surface area contributed by atoms with E-state index in [4.69, 9.17) is 0 Å². The molecule has 3 aromatic heterocycles. The van der Waals surface area contributed by atoms with Crippen LogP contribution in [0.3, 0.4) is 0 Å². The molecule has 0 bridgehead atoms. The van der Waals surface area contributed by atoms with Gasteiger partial charge in [0.05, 0.1) is 16.9 Å². The molecule has 0 amide bonds. The third kappa shape index (κ3) is 4.09.